The fourth-order valence-electron chi connectivity index (χ4n) is 1.24. The lowest BCUT2D eigenvalue weighted by molar-refractivity contribution is 0.831. The van der Waals surface area contributed by atoms with Crippen LogP contribution in [0.4, 0.5) is 0 Å². The number of nitrogens with zero attached hydrogens (tertiary/aromatic N) is 1. The van der Waals surface area contributed by atoms with E-state index in [4.69, 9.17) is 5.73 Å². The molecule has 0 aliphatic rings. The smallest absolute Gasteiger partial charge is 0.149 e. The Labute approximate surface area is 97.5 Å². The number of thiazole rings is 1. The Hall–Kier alpha value is -0.840. The molecule has 2 rings (SSSR count). The van der Waals surface area contributed by atoms with Gasteiger partial charge in [-0.1, -0.05) is 42.1 Å². The van der Waals surface area contributed by atoms with E-state index in [9.17, 15) is 0 Å². The number of aromatic nitrogens is 1. The van der Waals surface area contributed by atoms with E-state index in [0.717, 1.165) is 10.1 Å². The molecule has 0 spiro atoms. The molecule has 0 saturated carbocycles. The zero-order chi connectivity index (χ0) is 10.5. The Morgan fingerprint density at radius 1 is 1.33 bits per heavy atom. The number of rotatable bonds is 4. The molecule has 15 heavy (non-hydrogen) atoms. The lowest BCUT2D eigenvalue weighted by atomic mass is 10.1. The van der Waals surface area contributed by atoms with E-state index < -0.39 is 0 Å². The molecule has 1 aromatic heterocycles. The molecule has 1 atom stereocenters. The van der Waals surface area contributed by atoms with E-state index in [1.54, 1.807) is 23.1 Å². The van der Waals surface area contributed by atoms with Crippen molar-refractivity contribution in [2.45, 2.75) is 10.4 Å². The van der Waals surface area contributed by atoms with Crippen LogP contribution in [0.5, 0.6) is 0 Å². The van der Waals surface area contributed by atoms with Crippen molar-refractivity contribution < 1.29 is 0 Å². The first-order valence-electron chi connectivity index (χ1n) is 4.69. The summed E-state index contributed by atoms with van der Waals surface area (Å²) in [7, 11) is 0. The summed E-state index contributed by atoms with van der Waals surface area (Å²) in [6.07, 6.45) is 1.82. The molecular weight excluding hydrogens is 224 g/mol. The average molecular weight is 236 g/mol. The van der Waals surface area contributed by atoms with E-state index >= 15 is 0 Å². The SMILES string of the molecule is NC(CSc1nccs1)c1ccccc1. The highest BCUT2D eigenvalue weighted by Gasteiger charge is 2.06. The summed E-state index contributed by atoms with van der Waals surface area (Å²) in [6, 6.07) is 10.2. The summed E-state index contributed by atoms with van der Waals surface area (Å²) in [5.74, 6) is 0.873. The van der Waals surface area contributed by atoms with Gasteiger partial charge in [0.25, 0.3) is 0 Å². The van der Waals surface area contributed by atoms with Crippen molar-refractivity contribution in [1.29, 1.82) is 0 Å². The molecule has 0 bridgehead atoms. The molecule has 0 radical (unpaired) electrons. The average Bonchev–Trinajstić information content (AvgIpc) is 2.80. The van der Waals surface area contributed by atoms with Crippen LogP contribution in [0, 0.1) is 0 Å². The molecule has 2 nitrogen and oxygen atoms in total. The van der Waals surface area contributed by atoms with Crippen molar-refractivity contribution in [2.24, 2.45) is 5.73 Å². The molecule has 78 valence electrons. The molecule has 0 amide bonds. The predicted molar refractivity (Wildman–Crippen MR) is 66.2 cm³/mol. The lowest BCUT2D eigenvalue weighted by Crippen LogP contribution is -2.12. The van der Waals surface area contributed by atoms with Gasteiger partial charge < -0.3 is 5.73 Å². The third kappa shape index (κ3) is 3.06. The molecule has 0 aliphatic carbocycles. The van der Waals surface area contributed by atoms with E-state index in [2.05, 4.69) is 17.1 Å². The number of nitrogens with two attached hydrogens (primary N) is 1. The fraction of sp³-hybridized carbons (Fsp3) is 0.182. The van der Waals surface area contributed by atoms with E-state index in [1.807, 2.05) is 29.8 Å². The molecule has 0 aliphatic heterocycles. The van der Waals surface area contributed by atoms with Gasteiger partial charge >= 0.3 is 0 Å². The third-order valence-electron chi connectivity index (χ3n) is 2.02. The first-order chi connectivity index (χ1) is 7.36. The van der Waals surface area contributed by atoms with E-state index in [0.29, 0.717) is 0 Å². The largest absolute Gasteiger partial charge is 0.323 e. The summed E-state index contributed by atoms with van der Waals surface area (Å²) in [4.78, 5) is 4.21. The lowest BCUT2D eigenvalue weighted by Gasteiger charge is -2.09. The quantitative estimate of drug-likeness (QED) is 0.830. The molecule has 0 fully saturated rings. The molecule has 2 N–H and O–H groups in total. The van der Waals surface area contributed by atoms with Gasteiger partial charge in [-0.2, -0.15) is 0 Å². The minimum Gasteiger partial charge on any atom is -0.323 e. The minimum atomic E-state index is 0.0834. The molecular formula is C11H12N2S2. The summed E-state index contributed by atoms with van der Waals surface area (Å²) >= 11 is 3.37. The van der Waals surface area contributed by atoms with Crippen LogP contribution < -0.4 is 5.73 Å². The van der Waals surface area contributed by atoms with Gasteiger partial charge in [-0.15, -0.1) is 11.3 Å². The van der Waals surface area contributed by atoms with Crippen molar-refractivity contribution >= 4 is 23.1 Å². The van der Waals surface area contributed by atoms with Crippen LogP contribution in [-0.2, 0) is 0 Å². The molecule has 4 heteroatoms. The van der Waals surface area contributed by atoms with Gasteiger partial charge in [-0.3, -0.25) is 0 Å². The Morgan fingerprint density at radius 2 is 2.13 bits per heavy atom. The van der Waals surface area contributed by atoms with Gasteiger partial charge in [0, 0.05) is 23.4 Å². The number of thioether (sulfide) groups is 1. The molecule has 1 aromatic carbocycles. The van der Waals surface area contributed by atoms with Crippen LogP contribution >= 0.6 is 23.1 Å². The van der Waals surface area contributed by atoms with Crippen LogP contribution in [0.15, 0.2) is 46.2 Å². The number of benzene rings is 1. The van der Waals surface area contributed by atoms with E-state index in [-0.39, 0.29) is 6.04 Å². The zero-order valence-corrected chi connectivity index (χ0v) is 9.80. The van der Waals surface area contributed by atoms with Gasteiger partial charge in [0.05, 0.1) is 0 Å². The van der Waals surface area contributed by atoms with Crippen molar-refractivity contribution in [3.8, 4) is 0 Å². The minimum absolute atomic E-state index is 0.0834. The Balaban J connectivity index is 1.90. The monoisotopic (exact) mass is 236 g/mol. The highest BCUT2D eigenvalue weighted by atomic mass is 32.2. The summed E-state index contributed by atoms with van der Waals surface area (Å²) in [6.45, 7) is 0. The third-order valence-corrected chi connectivity index (χ3v) is 4.11. The van der Waals surface area contributed by atoms with Gasteiger partial charge in [-0.25, -0.2) is 4.98 Å². The first-order valence-corrected chi connectivity index (χ1v) is 6.55. The Morgan fingerprint density at radius 3 is 2.80 bits per heavy atom. The Bertz CT molecular complexity index is 386. The summed E-state index contributed by atoms with van der Waals surface area (Å²) in [5.41, 5.74) is 7.25. The van der Waals surface area contributed by atoms with Gasteiger partial charge in [-0.05, 0) is 5.56 Å². The highest BCUT2D eigenvalue weighted by molar-refractivity contribution is 8.01. The van der Waals surface area contributed by atoms with Crippen molar-refractivity contribution in [3.05, 3.63) is 47.5 Å². The summed E-state index contributed by atoms with van der Waals surface area (Å²) < 4.78 is 1.08. The van der Waals surface area contributed by atoms with Gasteiger partial charge in [0.2, 0.25) is 0 Å². The molecule has 1 unspecified atom stereocenters. The van der Waals surface area contributed by atoms with Gasteiger partial charge in [0.1, 0.15) is 4.34 Å². The van der Waals surface area contributed by atoms with Crippen molar-refractivity contribution in [2.75, 3.05) is 5.75 Å². The normalized spacial score (nSPS) is 12.6. The summed E-state index contributed by atoms with van der Waals surface area (Å²) in [5, 5.41) is 1.98. The maximum absolute atomic E-state index is 6.07. The maximum Gasteiger partial charge on any atom is 0.149 e. The van der Waals surface area contributed by atoms with Crippen LogP contribution in [0.25, 0.3) is 0 Å². The van der Waals surface area contributed by atoms with Crippen LogP contribution in [0.2, 0.25) is 0 Å². The topological polar surface area (TPSA) is 38.9 Å². The van der Waals surface area contributed by atoms with Crippen LogP contribution in [-0.4, -0.2) is 10.7 Å². The van der Waals surface area contributed by atoms with Crippen molar-refractivity contribution in [3.63, 3.8) is 0 Å². The predicted octanol–water partition coefficient (Wildman–Crippen LogP) is 2.94. The second-order valence-electron chi connectivity index (χ2n) is 3.13. The second-order valence-corrected chi connectivity index (χ2v) is 5.29. The molecule has 1 heterocycles. The Kier molecular flexibility index (Phi) is 3.77. The fourth-order valence-corrected chi connectivity index (χ4v) is 2.89. The standard InChI is InChI=1S/C11H12N2S2/c12-10(9-4-2-1-3-5-9)8-15-11-13-6-7-14-11/h1-7,10H,8,12H2. The van der Waals surface area contributed by atoms with E-state index in [1.165, 1.54) is 5.56 Å². The first kappa shape index (κ1) is 10.7. The number of hydrogen-bond donors (Lipinski definition) is 1. The van der Waals surface area contributed by atoms with Crippen LogP contribution in [0.1, 0.15) is 11.6 Å². The second kappa shape index (κ2) is 5.30. The van der Waals surface area contributed by atoms with Crippen LogP contribution in [0.3, 0.4) is 0 Å². The highest BCUT2D eigenvalue weighted by Crippen LogP contribution is 2.24. The van der Waals surface area contributed by atoms with Crippen molar-refractivity contribution in [1.82, 2.24) is 4.98 Å². The van der Waals surface area contributed by atoms with Gasteiger partial charge in [0.15, 0.2) is 0 Å². The zero-order valence-electron chi connectivity index (χ0n) is 8.17. The molecule has 0 saturated heterocycles. The molecule has 2 aromatic rings. The maximum atomic E-state index is 6.07. The number of hydrogen-bond acceptors (Lipinski definition) is 4.